The highest BCUT2D eigenvalue weighted by Gasteiger charge is 2.30. The van der Waals surface area contributed by atoms with Crippen LogP contribution in [0.15, 0.2) is 24.3 Å². The number of carboxylic acid groups (broad SMARTS) is 1. The Hall–Kier alpha value is -1.65. The van der Waals surface area contributed by atoms with Gasteiger partial charge in [-0.2, -0.15) is 17.2 Å². The van der Waals surface area contributed by atoms with Crippen molar-refractivity contribution in [3.05, 3.63) is 35.4 Å². The predicted octanol–water partition coefficient (Wildman–Crippen LogP) is 1.96. The highest BCUT2D eigenvalue weighted by Crippen LogP contribution is 2.27. The van der Waals surface area contributed by atoms with Crippen LogP contribution in [0.3, 0.4) is 0 Å². The van der Waals surface area contributed by atoms with Gasteiger partial charge in [-0.05, 0) is 24.8 Å². The summed E-state index contributed by atoms with van der Waals surface area (Å²) in [6.45, 7) is 4.37. The van der Waals surface area contributed by atoms with Gasteiger partial charge in [-0.25, -0.2) is 4.79 Å². The third-order valence-electron chi connectivity index (χ3n) is 6.23. The molecule has 31 heavy (non-hydrogen) atoms. The van der Waals surface area contributed by atoms with Crippen molar-refractivity contribution in [2.24, 2.45) is 0 Å². The van der Waals surface area contributed by atoms with E-state index < -0.39 is 5.97 Å². The number of benzene rings is 1. The minimum atomic E-state index is -0.908. The van der Waals surface area contributed by atoms with Gasteiger partial charge in [0.2, 0.25) is 0 Å². The van der Waals surface area contributed by atoms with Crippen LogP contribution < -0.4 is 5.48 Å². The Bertz CT molecular complexity index is 748. The van der Waals surface area contributed by atoms with Gasteiger partial charge in [0.05, 0.1) is 18.2 Å². The van der Waals surface area contributed by atoms with Crippen LogP contribution in [-0.4, -0.2) is 89.8 Å². The van der Waals surface area contributed by atoms with E-state index in [1.807, 2.05) is 11.8 Å². The largest absolute Gasteiger partial charge is 0.480 e. The molecule has 0 saturated carbocycles. The van der Waals surface area contributed by atoms with Gasteiger partial charge in [0.25, 0.3) is 0 Å². The Kier molecular flexibility index (Phi) is 7.84. The lowest BCUT2D eigenvalue weighted by Crippen LogP contribution is -2.41. The lowest BCUT2D eigenvalue weighted by Gasteiger charge is -2.32. The number of carbonyl (C=O) groups is 1. The molecule has 0 bridgehead atoms. The van der Waals surface area contributed by atoms with Crippen molar-refractivity contribution in [2.75, 3.05) is 50.8 Å². The van der Waals surface area contributed by atoms with Gasteiger partial charge in [0, 0.05) is 49.8 Å². The highest BCUT2D eigenvalue weighted by atomic mass is 32.2. The number of hydrogen-bond donors (Lipinski definition) is 3. The molecule has 0 amide bonds. The van der Waals surface area contributed by atoms with Crippen LogP contribution in [0.5, 0.6) is 0 Å². The fraction of sp³-hybridized carbons (Fsp3) is 0.636. The summed E-state index contributed by atoms with van der Waals surface area (Å²) in [5, 5.41) is 17.2. The second-order valence-corrected chi connectivity index (χ2v) is 9.65. The number of piperidine rings is 1. The maximum atomic E-state index is 10.6. The monoisotopic (exact) mass is 448 g/mol. The molecule has 3 aliphatic heterocycles. The molecule has 0 radical (unpaired) electrons. The molecule has 3 aliphatic rings. The molecular weight excluding hydrogens is 416 g/mol. The second-order valence-electron chi connectivity index (χ2n) is 8.42. The van der Waals surface area contributed by atoms with Gasteiger partial charge in [-0.15, -0.1) is 0 Å². The summed E-state index contributed by atoms with van der Waals surface area (Å²) < 4.78 is 5.41. The molecule has 2 unspecified atom stereocenters. The molecule has 0 spiro atoms. The van der Waals surface area contributed by atoms with Gasteiger partial charge in [-0.3, -0.25) is 10.2 Å². The molecular formula is C22H32N4O4S. The minimum Gasteiger partial charge on any atom is -0.480 e. The van der Waals surface area contributed by atoms with Gasteiger partial charge in [0.1, 0.15) is 12.4 Å². The normalized spacial score (nSPS) is 25.6. The van der Waals surface area contributed by atoms with Crippen molar-refractivity contribution in [2.45, 2.75) is 37.5 Å². The Morgan fingerprint density at radius 3 is 2.58 bits per heavy atom. The Morgan fingerprint density at radius 2 is 1.90 bits per heavy atom. The summed E-state index contributed by atoms with van der Waals surface area (Å²) in [7, 11) is 0. The van der Waals surface area contributed by atoms with E-state index in [0.717, 1.165) is 69.1 Å². The molecule has 3 heterocycles. The van der Waals surface area contributed by atoms with Gasteiger partial charge in [-0.1, -0.05) is 24.3 Å². The lowest BCUT2D eigenvalue weighted by atomic mass is 10.00. The smallest absolute Gasteiger partial charge is 0.329 e. The number of likely N-dealkylation sites (tertiary alicyclic amines) is 1. The van der Waals surface area contributed by atoms with E-state index in [9.17, 15) is 4.79 Å². The zero-order valence-corrected chi connectivity index (χ0v) is 18.6. The number of hydrogen-bond acceptors (Lipinski definition) is 7. The molecule has 1 aromatic rings. The standard InChI is InChI=1S/C22H32N4O4S/c23-22(26-9-11-31-12-10-26)17-3-1-16(2-4-17)20-13-19(30-24-20)14-25-7-5-18(6-8-25)29-15-21(27)28/h1-4,18-20,23-24H,5-15H2,(H,27,28). The van der Waals surface area contributed by atoms with Crippen molar-refractivity contribution < 1.29 is 19.5 Å². The Balaban J connectivity index is 1.22. The summed E-state index contributed by atoms with van der Waals surface area (Å²) in [6, 6.07) is 8.48. The molecule has 8 nitrogen and oxygen atoms in total. The first kappa shape index (κ1) is 22.5. The molecule has 9 heteroatoms. The topological polar surface area (TPSA) is 98.1 Å². The molecule has 2 atom stereocenters. The first-order valence-electron chi connectivity index (χ1n) is 11.1. The van der Waals surface area contributed by atoms with Gasteiger partial charge < -0.3 is 19.6 Å². The quantitative estimate of drug-likeness (QED) is 0.430. The van der Waals surface area contributed by atoms with Crippen LogP contribution in [0.1, 0.15) is 36.4 Å². The van der Waals surface area contributed by atoms with Crippen molar-refractivity contribution in [3.8, 4) is 0 Å². The molecule has 170 valence electrons. The first-order valence-corrected chi connectivity index (χ1v) is 12.2. The SMILES string of the molecule is N=C(c1ccc(C2CC(CN3CCC(OCC(=O)O)CC3)ON2)cc1)N1CCSCC1. The van der Waals surface area contributed by atoms with Crippen LogP contribution in [0, 0.1) is 5.41 Å². The lowest BCUT2D eigenvalue weighted by molar-refractivity contribution is -0.145. The molecule has 1 aromatic carbocycles. The van der Waals surface area contributed by atoms with Crippen molar-refractivity contribution >= 4 is 23.6 Å². The number of aliphatic carboxylic acids is 1. The van der Waals surface area contributed by atoms with E-state index in [4.69, 9.17) is 20.1 Å². The molecule has 3 saturated heterocycles. The van der Waals surface area contributed by atoms with E-state index in [0.29, 0.717) is 5.84 Å². The van der Waals surface area contributed by atoms with E-state index in [2.05, 4.69) is 39.5 Å². The van der Waals surface area contributed by atoms with Crippen molar-refractivity contribution in [1.82, 2.24) is 15.3 Å². The van der Waals surface area contributed by atoms with Gasteiger partial charge >= 0.3 is 5.97 Å². The van der Waals surface area contributed by atoms with Crippen LogP contribution in [-0.2, 0) is 14.4 Å². The van der Waals surface area contributed by atoms with Crippen LogP contribution >= 0.6 is 11.8 Å². The molecule has 3 fully saturated rings. The highest BCUT2D eigenvalue weighted by molar-refractivity contribution is 7.99. The second kappa shape index (κ2) is 10.8. The average molecular weight is 449 g/mol. The van der Waals surface area contributed by atoms with Crippen LogP contribution in [0.2, 0.25) is 0 Å². The number of rotatable bonds is 7. The Morgan fingerprint density at radius 1 is 1.19 bits per heavy atom. The van der Waals surface area contributed by atoms with Gasteiger partial charge in [0.15, 0.2) is 0 Å². The predicted molar refractivity (Wildman–Crippen MR) is 121 cm³/mol. The average Bonchev–Trinajstić information content (AvgIpc) is 3.27. The van der Waals surface area contributed by atoms with Crippen molar-refractivity contribution in [3.63, 3.8) is 0 Å². The van der Waals surface area contributed by atoms with E-state index >= 15 is 0 Å². The number of amidine groups is 1. The van der Waals surface area contributed by atoms with E-state index in [-0.39, 0.29) is 24.9 Å². The number of hydroxylamine groups is 1. The minimum absolute atomic E-state index is 0.0451. The fourth-order valence-corrected chi connectivity index (χ4v) is 5.33. The zero-order chi connectivity index (χ0) is 21.6. The number of nitrogens with one attached hydrogen (secondary N) is 2. The fourth-order valence-electron chi connectivity index (χ4n) is 4.43. The van der Waals surface area contributed by atoms with Crippen LogP contribution in [0.4, 0.5) is 0 Å². The summed E-state index contributed by atoms with van der Waals surface area (Å²) in [4.78, 5) is 21.0. The van der Waals surface area contributed by atoms with Crippen molar-refractivity contribution in [1.29, 1.82) is 5.41 Å². The molecule has 0 aliphatic carbocycles. The summed E-state index contributed by atoms with van der Waals surface area (Å²) >= 11 is 1.95. The number of thioether (sulfide) groups is 1. The number of carboxylic acids is 1. The van der Waals surface area contributed by atoms with E-state index in [1.165, 1.54) is 5.56 Å². The summed E-state index contributed by atoms with van der Waals surface area (Å²) in [5.41, 5.74) is 5.34. The molecule has 0 aromatic heterocycles. The Labute approximate surface area is 187 Å². The first-order chi connectivity index (χ1) is 15.1. The number of nitrogens with zero attached hydrogens (tertiary/aromatic N) is 2. The maximum Gasteiger partial charge on any atom is 0.329 e. The molecule has 3 N–H and O–H groups in total. The maximum absolute atomic E-state index is 10.6. The third-order valence-corrected chi connectivity index (χ3v) is 7.17. The summed E-state index contributed by atoms with van der Waals surface area (Å²) in [6.07, 6.45) is 2.81. The van der Waals surface area contributed by atoms with Crippen LogP contribution in [0.25, 0.3) is 0 Å². The molecule has 4 rings (SSSR count). The third kappa shape index (κ3) is 6.20. The summed E-state index contributed by atoms with van der Waals surface area (Å²) in [5.74, 6) is 1.90. The van der Waals surface area contributed by atoms with E-state index in [1.54, 1.807) is 0 Å². The zero-order valence-electron chi connectivity index (χ0n) is 17.8. The number of ether oxygens (including phenoxy) is 1.